The van der Waals surface area contributed by atoms with Gasteiger partial charge >= 0.3 is 6.03 Å². The Morgan fingerprint density at radius 3 is 1.83 bits per heavy atom. The fraction of sp³-hybridized carbons (Fsp3) is 0.167. The molecule has 0 saturated carbocycles. The van der Waals surface area contributed by atoms with E-state index in [-0.39, 0.29) is 23.9 Å². The minimum atomic E-state index is -0.283. The van der Waals surface area contributed by atoms with E-state index in [1.54, 1.807) is 24.3 Å². The molecule has 0 aliphatic carbocycles. The molecule has 0 bridgehead atoms. The predicted molar refractivity (Wildman–Crippen MR) is 117 cm³/mol. The summed E-state index contributed by atoms with van der Waals surface area (Å²) < 4.78 is 0. The zero-order valence-corrected chi connectivity index (χ0v) is 16.6. The van der Waals surface area contributed by atoms with E-state index in [9.17, 15) is 9.59 Å². The maximum absolute atomic E-state index is 12.5. The van der Waals surface area contributed by atoms with E-state index in [2.05, 4.69) is 29.8 Å². The van der Waals surface area contributed by atoms with E-state index < -0.39 is 0 Å². The summed E-state index contributed by atoms with van der Waals surface area (Å²) in [5.41, 5.74) is 2.93. The molecule has 3 N–H and O–H groups in total. The zero-order valence-electron chi connectivity index (χ0n) is 16.6. The first kappa shape index (κ1) is 20.1. The van der Waals surface area contributed by atoms with E-state index in [0.29, 0.717) is 11.3 Å². The molecule has 3 aromatic carbocycles. The minimum absolute atomic E-state index is 0.0906. The lowest BCUT2D eigenvalue weighted by Crippen LogP contribution is -2.35. The van der Waals surface area contributed by atoms with Crippen LogP contribution in [0.2, 0.25) is 0 Å². The predicted octanol–water partition coefficient (Wildman–Crippen LogP) is 5.46. The Morgan fingerprint density at radius 2 is 1.24 bits per heavy atom. The summed E-state index contributed by atoms with van der Waals surface area (Å²) in [6, 6.07) is 25.6. The van der Waals surface area contributed by atoms with Gasteiger partial charge in [-0.15, -0.1) is 0 Å². The Hall–Kier alpha value is -3.60. The first-order valence-electron chi connectivity index (χ1n) is 9.62. The second-order valence-electron chi connectivity index (χ2n) is 7.13. The van der Waals surface area contributed by atoms with E-state index in [1.165, 1.54) is 0 Å². The number of rotatable bonds is 6. The lowest BCUT2D eigenvalue weighted by Gasteiger charge is -2.23. The smallest absolute Gasteiger partial charge is 0.319 e. The summed E-state index contributed by atoms with van der Waals surface area (Å²) in [5, 5.41) is 8.69. The maximum Gasteiger partial charge on any atom is 0.319 e. The van der Waals surface area contributed by atoms with Gasteiger partial charge in [-0.1, -0.05) is 62.4 Å². The van der Waals surface area contributed by atoms with Crippen LogP contribution < -0.4 is 16.0 Å². The molecule has 148 valence electrons. The topological polar surface area (TPSA) is 70.2 Å². The molecule has 0 fully saturated rings. The van der Waals surface area contributed by atoms with Crippen molar-refractivity contribution in [1.29, 1.82) is 0 Å². The van der Waals surface area contributed by atoms with Crippen LogP contribution in [0, 0.1) is 5.92 Å². The zero-order chi connectivity index (χ0) is 20.6. The third-order valence-electron chi connectivity index (χ3n) is 4.55. The monoisotopic (exact) mass is 387 g/mol. The maximum atomic E-state index is 12.5. The minimum Gasteiger partial charge on any atom is -0.331 e. The van der Waals surface area contributed by atoms with Gasteiger partial charge in [0.2, 0.25) is 0 Å². The second-order valence-corrected chi connectivity index (χ2v) is 7.13. The fourth-order valence-electron chi connectivity index (χ4n) is 3.03. The molecule has 1 unspecified atom stereocenters. The molecular weight excluding hydrogens is 362 g/mol. The summed E-state index contributed by atoms with van der Waals surface area (Å²) >= 11 is 0. The highest BCUT2D eigenvalue weighted by molar-refractivity contribution is 6.04. The molecule has 3 amide bonds. The summed E-state index contributed by atoms with van der Waals surface area (Å²) in [5.74, 6) is 0.0448. The Morgan fingerprint density at radius 1 is 0.690 bits per heavy atom. The van der Waals surface area contributed by atoms with Crippen LogP contribution in [0.4, 0.5) is 16.2 Å². The molecule has 0 aromatic heterocycles. The van der Waals surface area contributed by atoms with Crippen LogP contribution >= 0.6 is 0 Å². The highest BCUT2D eigenvalue weighted by atomic mass is 16.2. The van der Waals surface area contributed by atoms with E-state index in [0.717, 1.165) is 11.3 Å². The van der Waals surface area contributed by atoms with Gasteiger partial charge in [0, 0.05) is 16.9 Å². The van der Waals surface area contributed by atoms with Crippen molar-refractivity contribution in [1.82, 2.24) is 5.32 Å². The van der Waals surface area contributed by atoms with Gasteiger partial charge in [-0.3, -0.25) is 4.79 Å². The number of hydrogen-bond donors (Lipinski definition) is 3. The summed E-state index contributed by atoms with van der Waals surface area (Å²) in [6.07, 6.45) is 0. The van der Waals surface area contributed by atoms with Crippen molar-refractivity contribution in [3.05, 3.63) is 96.1 Å². The van der Waals surface area contributed by atoms with E-state index >= 15 is 0 Å². The van der Waals surface area contributed by atoms with Crippen molar-refractivity contribution in [2.45, 2.75) is 19.9 Å². The van der Waals surface area contributed by atoms with Crippen molar-refractivity contribution >= 4 is 23.3 Å². The SMILES string of the molecule is CC(C)C(NC(=O)Nc1ccc(C(=O)Nc2ccccc2)cc1)c1ccccc1. The average Bonchev–Trinajstić information content (AvgIpc) is 2.73. The fourth-order valence-corrected chi connectivity index (χ4v) is 3.03. The van der Waals surface area contributed by atoms with Crippen molar-refractivity contribution in [3.63, 3.8) is 0 Å². The third-order valence-corrected chi connectivity index (χ3v) is 4.55. The van der Waals surface area contributed by atoms with E-state index in [4.69, 9.17) is 0 Å². The molecule has 1 atom stereocenters. The first-order valence-corrected chi connectivity index (χ1v) is 9.62. The molecule has 0 spiro atoms. The molecule has 5 nitrogen and oxygen atoms in total. The van der Waals surface area contributed by atoms with Crippen LogP contribution in [0.3, 0.4) is 0 Å². The van der Waals surface area contributed by atoms with Crippen molar-refractivity contribution < 1.29 is 9.59 Å². The van der Waals surface area contributed by atoms with Gasteiger partial charge in [0.1, 0.15) is 0 Å². The van der Waals surface area contributed by atoms with Gasteiger partial charge in [-0.2, -0.15) is 0 Å². The van der Waals surface area contributed by atoms with Gasteiger partial charge < -0.3 is 16.0 Å². The Labute approximate surface area is 171 Å². The molecule has 0 aliphatic rings. The van der Waals surface area contributed by atoms with Gasteiger partial charge in [-0.05, 0) is 47.9 Å². The van der Waals surface area contributed by atoms with Crippen LogP contribution in [-0.2, 0) is 0 Å². The van der Waals surface area contributed by atoms with Gasteiger partial charge in [-0.25, -0.2) is 4.79 Å². The van der Waals surface area contributed by atoms with Crippen molar-refractivity contribution in [3.8, 4) is 0 Å². The summed E-state index contributed by atoms with van der Waals surface area (Å²) in [4.78, 5) is 24.8. The van der Waals surface area contributed by atoms with Gasteiger partial charge in [0.15, 0.2) is 0 Å². The number of anilines is 2. The van der Waals surface area contributed by atoms with Crippen LogP contribution in [0.1, 0.15) is 35.8 Å². The standard InChI is InChI=1S/C24H25N3O2/c1-17(2)22(18-9-5-3-6-10-18)27-24(29)26-21-15-13-19(14-16-21)23(28)25-20-11-7-4-8-12-20/h3-17,22H,1-2H3,(H,25,28)(H2,26,27,29). The molecule has 3 aromatic rings. The molecular formula is C24H25N3O2. The van der Waals surface area contributed by atoms with Crippen LogP contribution in [0.25, 0.3) is 0 Å². The normalized spacial score (nSPS) is 11.6. The summed E-state index contributed by atoms with van der Waals surface area (Å²) in [6.45, 7) is 4.14. The Balaban J connectivity index is 1.60. The van der Waals surface area contributed by atoms with Crippen molar-refractivity contribution in [2.24, 2.45) is 5.92 Å². The Bertz CT molecular complexity index is 939. The molecule has 0 aliphatic heterocycles. The number of urea groups is 1. The van der Waals surface area contributed by atoms with Gasteiger partial charge in [0.05, 0.1) is 6.04 Å². The molecule has 3 rings (SSSR count). The van der Waals surface area contributed by atoms with Crippen molar-refractivity contribution in [2.75, 3.05) is 10.6 Å². The average molecular weight is 387 g/mol. The Kier molecular flexibility index (Phi) is 6.63. The second kappa shape index (κ2) is 9.55. The molecule has 5 heteroatoms. The quantitative estimate of drug-likeness (QED) is 0.526. The molecule has 0 saturated heterocycles. The van der Waals surface area contributed by atoms with Crippen LogP contribution in [0.5, 0.6) is 0 Å². The number of carbonyl (C=O) groups excluding carboxylic acids is 2. The molecule has 0 heterocycles. The number of hydrogen-bond acceptors (Lipinski definition) is 2. The number of carbonyl (C=O) groups is 2. The highest BCUT2D eigenvalue weighted by Crippen LogP contribution is 2.21. The first-order chi connectivity index (χ1) is 14.0. The van der Waals surface area contributed by atoms with Crippen LogP contribution in [-0.4, -0.2) is 11.9 Å². The largest absolute Gasteiger partial charge is 0.331 e. The highest BCUT2D eigenvalue weighted by Gasteiger charge is 2.18. The summed E-state index contributed by atoms with van der Waals surface area (Å²) in [7, 11) is 0. The lowest BCUT2D eigenvalue weighted by molar-refractivity contribution is 0.102. The third kappa shape index (κ3) is 5.69. The van der Waals surface area contributed by atoms with Gasteiger partial charge in [0.25, 0.3) is 5.91 Å². The number of amides is 3. The number of nitrogens with one attached hydrogen (secondary N) is 3. The molecule has 0 radical (unpaired) electrons. The number of benzene rings is 3. The van der Waals surface area contributed by atoms with Crippen LogP contribution in [0.15, 0.2) is 84.9 Å². The van der Waals surface area contributed by atoms with E-state index in [1.807, 2.05) is 60.7 Å². The molecule has 29 heavy (non-hydrogen) atoms. The lowest BCUT2D eigenvalue weighted by atomic mass is 9.96. The number of para-hydroxylation sites is 1.